The zero-order valence-electron chi connectivity index (χ0n) is 17.4. The van der Waals surface area contributed by atoms with Crippen LogP contribution in [0, 0.1) is 24.7 Å². The lowest BCUT2D eigenvalue weighted by Crippen LogP contribution is -2.56. The van der Waals surface area contributed by atoms with Gasteiger partial charge in [0.2, 0.25) is 5.91 Å². The average Bonchev–Trinajstić information content (AvgIpc) is 3.22. The quantitative estimate of drug-likeness (QED) is 0.870. The number of amides is 2. The molecule has 152 valence electrons. The van der Waals surface area contributed by atoms with Crippen LogP contribution in [-0.4, -0.2) is 59.9 Å². The second kappa shape index (κ2) is 7.51. The molecule has 0 unspecified atom stereocenters. The number of rotatable bonds is 4. The Balaban J connectivity index is 1.41. The number of likely N-dealkylation sites (tertiary alicyclic amines) is 2. The van der Waals surface area contributed by atoms with E-state index in [1.54, 1.807) is 0 Å². The van der Waals surface area contributed by atoms with Crippen molar-refractivity contribution in [3.05, 3.63) is 35.4 Å². The summed E-state index contributed by atoms with van der Waals surface area (Å²) in [6.07, 6.45) is 2.92. The minimum Gasteiger partial charge on any atom is -0.350 e. The van der Waals surface area contributed by atoms with E-state index in [0.29, 0.717) is 11.8 Å². The summed E-state index contributed by atoms with van der Waals surface area (Å²) in [6, 6.07) is 7.81. The fraction of sp³-hybridized carbons (Fsp3) is 0.652. The zero-order valence-corrected chi connectivity index (χ0v) is 17.4. The Morgan fingerprint density at radius 3 is 2.54 bits per heavy atom. The largest absolute Gasteiger partial charge is 0.350 e. The van der Waals surface area contributed by atoms with Crippen molar-refractivity contribution >= 4 is 11.8 Å². The third-order valence-electron chi connectivity index (χ3n) is 7.32. The molecule has 5 heteroatoms. The summed E-state index contributed by atoms with van der Waals surface area (Å²) in [7, 11) is 0. The molecule has 3 aliphatic heterocycles. The number of benzene rings is 1. The Labute approximate surface area is 168 Å². The molecule has 0 radical (unpaired) electrons. The van der Waals surface area contributed by atoms with Crippen LogP contribution in [0.5, 0.6) is 0 Å². The predicted octanol–water partition coefficient (Wildman–Crippen LogP) is 2.69. The second-order valence-corrected chi connectivity index (χ2v) is 9.25. The fourth-order valence-corrected chi connectivity index (χ4v) is 5.34. The van der Waals surface area contributed by atoms with Gasteiger partial charge in [-0.3, -0.25) is 9.59 Å². The number of carbonyl (C=O) groups excluding carboxylic acids is 2. The molecular weight excluding hydrogens is 350 g/mol. The topological polar surface area (TPSA) is 52.7 Å². The third kappa shape index (κ3) is 3.45. The van der Waals surface area contributed by atoms with Gasteiger partial charge in [-0.1, -0.05) is 38.0 Å². The lowest BCUT2D eigenvalue weighted by Gasteiger charge is -2.43. The summed E-state index contributed by atoms with van der Waals surface area (Å²) in [6.45, 7) is 11.0. The van der Waals surface area contributed by atoms with Crippen LogP contribution in [0.15, 0.2) is 24.3 Å². The van der Waals surface area contributed by atoms with Gasteiger partial charge in [0, 0.05) is 49.7 Å². The van der Waals surface area contributed by atoms with Crippen LogP contribution in [0.3, 0.4) is 0 Å². The molecule has 1 N–H and O–H groups in total. The van der Waals surface area contributed by atoms with Crippen LogP contribution in [0.4, 0.5) is 0 Å². The summed E-state index contributed by atoms with van der Waals surface area (Å²) >= 11 is 0. The number of carbonyl (C=O) groups is 2. The van der Waals surface area contributed by atoms with E-state index in [4.69, 9.17) is 0 Å². The molecule has 0 aromatic heterocycles. The molecule has 1 spiro atoms. The molecule has 1 aromatic carbocycles. The minimum absolute atomic E-state index is 0.112. The maximum absolute atomic E-state index is 12.8. The molecule has 28 heavy (non-hydrogen) atoms. The van der Waals surface area contributed by atoms with E-state index >= 15 is 0 Å². The van der Waals surface area contributed by atoms with E-state index in [1.807, 2.05) is 36.1 Å². The molecule has 3 saturated heterocycles. The first-order chi connectivity index (χ1) is 13.4. The highest BCUT2D eigenvalue weighted by atomic mass is 16.2. The molecule has 0 bridgehead atoms. The first-order valence-corrected chi connectivity index (χ1v) is 10.8. The number of aryl methyl sites for hydroxylation is 1. The molecule has 3 aliphatic rings. The van der Waals surface area contributed by atoms with Gasteiger partial charge in [-0.15, -0.1) is 0 Å². The lowest BCUT2D eigenvalue weighted by atomic mass is 9.75. The molecule has 5 nitrogen and oxygen atoms in total. The number of piperidine rings is 1. The Morgan fingerprint density at radius 1 is 1.21 bits per heavy atom. The Morgan fingerprint density at radius 2 is 1.89 bits per heavy atom. The van der Waals surface area contributed by atoms with Crippen molar-refractivity contribution in [2.45, 2.75) is 45.6 Å². The first kappa shape index (κ1) is 19.4. The van der Waals surface area contributed by atoms with E-state index in [-0.39, 0.29) is 23.3 Å². The third-order valence-corrected chi connectivity index (χ3v) is 7.32. The molecule has 2 amide bonds. The summed E-state index contributed by atoms with van der Waals surface area (Å²) in [5.41, 5.74) is 1.81. The van der Waals surface area contributed by atoms with Crippen molar-refractivity contribution in [1.29, 1.82) is 0 Å². The number of hydrogen-bond donors (Lipinski definition) is 1. The Bertz CT molecular complexity index is 737. The maximum atomic E-state index is 12.8. The van der Waals surface area contributed by atoms with Gasteiger partial charge in [0.25, 0.3) is 5.91 Å². The molecular formula is C23H33N3O2. The molecule has 4 rings (SSSR count). The molecule has 3 fully saturated rings. The smallest absolute Gasteiger partial charge is 0.253 e. The molecule has 3 atom stereocenters. The van der Waals surface area contributed by atoms with Gasteiger partial charge < -0.3 is 15.1 Å². The molecule has 1 aromatic rings. The Kier molecular flexibility index (Phi) is 5.21. The standard InChI is InChI=1S/C23H33N3O2/c1-4-16(2)13-25-14-19-20(15-25)23(24-21(19)27)9-11-26(12-10-23)22(28)18-7-5-17(3)6-8-18/h5-8,16,19-20H,4,9-15H2,1-3H3,(H,24,27)/t16-,19-,20+/m1/s1. The molecule has 3 heterocycles. The maximum Gasteiger partial charge on any atom is 0.253 e. The summed E-state index contributed by atoms with van der Waals surface area (Å²) in [4.78, 5) is 30.0. The van der Waals surface area contributed by atoms with E-state index < -0.39 is 0 Å². The van der Waals surface area contributed by atoms with Crippen LogP contribution in [0.1, 0.15) is 49.0 Å². The van der Waals surface area contributed by atoms with E-state index in [2.05, 4.69) is 24.1 Å². The normalized spacial score (nSPS) is 27.7. The van der Waals surface area contributed by atoms with Gasteiger partial charge in [-0.25, -0.2) is 0 Å². The summed E-state index contributed by atoms with van der Waals surface area (Å²) < 4.78 is 0. The summed E-state index contributed by atoms with van der Waals surface area (Å²) in [5.74, 6) is 1.53. The highest BCUT2D eigenvalue weighted by molar-refractivity contribution is 5.94. The number of nitrogens with one attached hydrogen (secondary N) is 1. The fourth-order valence-electron chi connectivity index (χ4n) is 5.34. The zero-order chi connectivity index (χ0) is 19.9. The van der Waals surface area contributed by atoms with Gasteiger partial charge >= 0.3 is 0 Å². The van der Waals surface area contributed by atoms with Gasteiger partial charge in [0.1, 0.15) is 0 Å². The van der Waals surface area contributed by atoms with Crippen LogP contribution >= 0.6 is 0 Å². The number of fused-ring (bicyclic) bond motifs is 2. The molecule has 0 saturated carbocycles. The van der Waals surface area contributed by atoms with Crippen molar-refractivity contribution in [2.75, 3.05) is 32.7 Å². The van der Waals surface area contributed by atoms with E-state index in [1.165, 1.54) is 6.42 Å². The van der Waals surface area contributed by atoms with Crippen molar-refractivity contribution in [2.24, 2.45) is 17.8 Å². The average molecular weight is 384 g/mol. The highest BCUT2D eigenvalue weighted by Crippen LogP contribution is 2.44. The Hall–Kier alpha value is -1.88. The van der Waals surface area contributed by atoms with Crippen LogP contribution in [0.2, 0.25) is 0 Å². The van der Waals surface area contributed by atoms with Crippen LogP contribution in [0.25, 0.3) is 0 Å². The van der Waals surface area contributed by atoms with Crippen LogP contribution < -0.4 is 5.32 Å². The van der Waals surface area contributed by atoms with Crippen molar-refractivity contribution < 1.29 is 9.59 Å². The van der Waals surface area contributed by atoms with Gasteiger partial charge in [0.15, 0.2) is 0 Å². The first-order valence-electron chi connectivity index (χ1n) is 10.8. The molecule has 0 aliphatic carbocycles. The van der Waals surface area contributed by atoms with Crippen molar-refractivity contribution in [1.82, 2.24) is 15.1 Å². The van der Waals surface area contributed by atoms with Gasteiger partial charge in [-0.2, -0.15) is 0 Å². The van der Waals surface area contributed by atoms with E-state index in [0.717, 1.165) is 56.7 Å². The van der Waals surface area contributed by atoms with Crippen molar-refractivity contribution in [3.63, 3.8) is 0 Å². The van der Waals surface area contributed by atoms with Crippen LogP contribution in [-0.2, 0) is 4.79 Å². The van der Waals surface area contributed by atoms with Gasteiger partial charge in [-0.05, 0) is 37.8 Å². The highest BCUT2D eigenvalue weighted by Gasteiger charge is 2.57. The van der Waals surface area contributed by atoms with Gasteiger partial charge in [0.05, 0.1) is 5.92 Å². The number of hydrogen-bond acceptors (Lipinski definition) is 3. The van der Waals surface area contributed by atoms with E-state index in [9.17, 15) is 9.59 Å². The van der Waals surface area contributed by atoms with Crippen molar-refractivity contribution in [3.8, 4) is 0 Å². The summed E-state index contributed by atoms with van der Waals surface area (Å²) in [5, 5.41) is 3.36. The predicted molar refractivity (Wildman–Crippen MR) is 110 cm³/mol. The lowest BCUT2D eigenvalue weighted by molar-refractivity contribution is -0.123. The second-order valence-electron chi connectivity index (χ2n) is 9.25. The monoisotopic (exact) mass is 383 g/mol. The SMILES string of the molecule is CC[C@@H](C)CN1C[C@H]2C(=O)NC3(CCN(C(=O)c4ccc(C)cc4)CC3)[C@H]2C1. The minimum atomic E-state index is -0.115. The number of nitrogens with zero attached hydrogens (tertiary/aromatic N) is 2.